The van der Waals surface area contributed by atoms with Gasteiger partial charge in [-0.3, -0.25) is 4.79 Å². The number of nitrogens with zero attached hydrogens (tertiary/aromatic N) is 1. The Kier molecular flexibility index (Phi) is 6.15. The Labute approximate surface area is 158 Å². The van der Waals surface area contributed by atoms with E-state index in [2.05, 4.69) is 40.7 Å². The number of carbonyl (C=O) groups is 1. The highest BCUT2D eigenvalue weighted by atomic mass is 19.1. The summed E-state index contributed by atoms with van der Waals surface area (Å²) in [5.41, 5.74) is 3.45. The van der Waals surface area contributed by atoms with Crippen LogP contribution in [0, 0.1) is 12.7 Å². The summed E-state index contributed by atoms with van der Waals surface area (Å²) in [7, 11) is 0. The van der Waals surface area contributed by atoms with Crippen LogP contribution in [0.15, 0.2) is 66.9 Å². The minimum atomic E-state index is -0.252. The lowest BCUT2D eigenvalue weighted by Crippen LogP contribution is -2.26. The molecule has 3 aromatic rings. The van der Waals surface area contributed by atoms with E-state index in [-0.39, 0.29) is 11.7 Å². The average molecular weight is 363 g/mol. The van der Waals surface area contributed by atoms with E-state index in [1.807, 2.05) is 6.07 Å². The van der Waals surface area contributed by atoms with Gasteiger partial charge in [0.15, 0.2) is 0 Å². The summed E-state index contributed by atoms with van der Waals surface area (Å²) in [6.07, 6.45) is 1.99. The number of pyridine rings is 1. The first-order valence-corrected chi connectivity index (χ1v) is 8.89. The summed E-state index contributed by atoms with van der Waals surface area (Å²) in [6.45, 7) is 3.09. The van der Waals surface area contributed by atoms with Gasteiger partial charge in [0.1, 0.15) is 11.6 Å². The highest BCUT2D eigenvalue weighted by Crippen LogP contribution is 2.10. The molecule has 27 heavy (non-hydrogen) atoms. The Morgan fingerprint density at radius 1 is 1.07 bits per heavy atom. The van der Waals surface area contributed by atoms with Crippen molar-refractivity contribution in [2.45, 2.75) is 19.9 Å². The van der Waals surface area contributed by atoms with Gasteiger partial charge in [-0.2, -0.15) is 0 Å². The number of anilines is 1. The minimum Gasteiger partial charge on any atom is -0.366 e. The van der Waals surface area contributed by atoms with Crippen molar-refractivity contribution in [1.82, 2.24) is 10.3 Å². The SMILES string of the molecule is Cc1cccc(CNc2ccc(C(=O)NCCc3ccccc3F)cn2)c1. The molecule has 0 aliphatic carbocycles. The summed E-state index contributed by atoms with van der Waals surface area (Å²) in [4.78, 5) is 16.5. The van der Waals surface area contributed by atoms with Crippen molar-refractivity contribution in [2.75, 3.05) is 11.9 Å². The maximum Gasteiger partial charge on any atom is 0.252 e. The molecule has 0 aliphatic heterocycles. The molecule has 0 spiro atoms. The molecule has 0 aliphatic rings. The fourth-order valence-electron chi connectivity index (χ4n) is 2.76. The van der Waals surface area contributed by atoms with E-state index in [9.17, 15) is 9.18 Å². The van der Waals surface area contributed by atoms with E-state index in [1.54, 1.807) is 30.3 Å². The van der Waals surface area contributed by atoms with Crippen LogP contribution < -0.4 is 10.6 Å². The molecule has 0 unspecified atom stereocenters. The molecule has 0 saturated heterocycles. The molecular weight excluding hydrogens is 341 g/mol. The summed E-state index contributed by atoms with van der Waals surface area (Å²) in [5.74, 6) is 0.237. The smallest absolute Gasteiger partial charge is 0.252 e. The first kappa shape index (κ1) is 18.6. The number of benzene rings is 2. The second-order valence-electron chi connectivity index (χ2n) is 6.37. The zero-order valence-corrected chi connectivity index (χ0v) is 15.2. The Bertz CT molecular complexity index is 909. The fourth-order valence-corrected chi connectivity index (χ4v) is 2.76. The molecule has 1 heterocycles. The highest BCUT2D eigenvalue weighted by Gasteiger charge is 2.07. The van der Waals surface area contributed by atoms with E-state index in [0.717, 1.165) is 0 Å². The van der Waals surface area contributed by atoms with Crippen LogP contribution in [0.5, 0.6) is 0 Å². The molecule has 2 N–H and O–H groups in total. The topological polar surface area (TPSA) is 54.0 Å². The Hall–Kier alpha value is -3.21. The second kappa shape index (κ2) is 8.94. The van der Waals surface area contributed by atoms with Gasteiger partial charge in [-0.05, 0) is 42.7 Å². The summed E-state index contributed by atoms with van der Waals surface area (Å²) >= 11 is 0. The van der Waals surface area contributed by atoms with Crippen LogP contribution in [0.4, 0.5) is 10.2 Å². The van der Waals surface area contributed by atoms with E-state index < -0.39 is 0 Å². The maximum atomic E-state index is 13.6. The van der Waals surface area contributed by atoms with E-state index >= 15 is 0 Å². The molecular formula is C22H22FN3O. The number of nitrogens with one attached hydrogen (secondary N) is 2. The fraction of sp³-hybridized carbons (Fsp3) is 0.182. The van der Waals surface area contributed by atoms with Gasteiger partial charge in [-0.1, -0.05) is 48.0 Å². The third kappa shape index (κ3) is 5.38. The average Bonchev–Trinajstić information content (AvgIpc) is 2.68. The van der Waals surface area contributed by atoms with Crippen molar-refractivity contribution in [1.29, 1.82) is 0 Å². The third-order valence-electron chi connectivity index (χ3n) is 4.22. The number of halogens is 1. The molecule has 1 aromatic heterocycles. The molecule has 3 rings (SSSR count). The lowest BCUT2D eigenvalue weighted by atomic mass is 10.1. The van der Waals surface area contributed by atoms with Gasteiger partial charge in [-0.25, -0.2) is 9.37 Å². The number of aryl methyl sites for hydroxylation is 1. The standard InChI is InChI=1S/C22H22FN3O/c1-16-5-4-6-17(13-16)14-25-21-10-9-19(15-26-21)22(27)24-12-11-18-7-2-3-8-20(18)23/h2-10,13,15H,11-12,14H2,1H3,(H,24,27)(H,25,26). The second-order valence-corrected chi connectivity index (χ2v) is 6.37. The summed E-state index contributed by atoms with van der Waals surface area (Å²) in [5, 5.41) is 6.03. The van der Waals surface area contributed by atoms with Crippen molar-refractivity contribution in [3.05, 3.63) is 94.9 Å². The lowest BCUT2D eigenvalue weighted by Gasteiger charge is -2.08. The van der Waals surface area contributed by atoms with Gasteiger partial charge in [0.2, 0.25) is 0 Å². The lowest BCUT2D eigenvalue weighted by molar-refractivity contribution is 0.0953. The van der Waals surface area contributed by atoms with Crippen LogP contribution in [0.1, 0.15) is 27.0 Å². The largest absolute Gasteiger partial charge is 0.366 e. The molecule has 2 aromatic carbocycles. The van der Waals surface area contributed by atoms with Gasteiger partial charge < -0.3 is 10.6 Å². The van der Waals surface area contributed by atoms with Gasteiger partial charge in [0.25, 0.3) is 5.91 Å². The first-order valence-electron chi connectivity index (χ1n) is 8.89. The minimum absolute atomic E-state index is 0.218. The van der Waals surface area contributed by atoms with Crippen LogP contribution in [0.25, 0.3) is 0 Å². The summed E-state index contributed by atoms with van der Waals surface area (Å²) < 4.78 is 13.6. The molecule has 0 radical (unpaired) electrons. The Morgan fingerprint density at radius 2 is 1.93 bits per heavy atom. The number of hydrogen-bond acceptors (Lipinski definition) is 3. The number of carbonyl (C=O) groups excluding carboxylic acids is 1. The van der Waals surface area contributed by atoms with E-state index in [0.29, 0.717) is 36.5 Å². The van der Waals surface area contributed by atoms with E-state index in [1.165, 1.54) is 23.4 Å². The Balaban J connectivity index is 1.49. The van der Waals surface area contributed by atoms with Gasteiger partial charge in [-0.15, -0.1) is 0 Å². The molecule has 0 fully saturated rings. The molecule has 0 atom stereocenters. The number of hydrogen-bond donors (Lipinski definition) is 2. The molecule has 0 saturated carbocycles. The summed E-state index contributed by atoms with van der Waals surface area (Å²) in [6, 6.07) is 18.3. The molecule has 1 amide bonds. The molecule has 4 nitrogen and oxygen atoms in total. The number of amides is 1. The quantitative estimate of drug-likeness (QED) is 0.664. The molecule has 138 valence electrons. The van der Waals surface area contributed by atoms with Crippen LogP contribution >= 0.6 is 0 Å². The zero-order chi connectivity index (χ0) is 19.1. The van der Waals surface area contributed by atoms with Crippen LogP contribution in [-0.4, -0.2) is 17.4 Å². The van der Waals surface area contributed by atoms with Crippen molar-refractivity contribution in [2.24, 2.45) is 0 Å². The third-order valence-corrected chi connectivity index (χ3v) is 4.22. The van der Waals surface area contributed by atoms with Crippen molar-refractivity contribution in [3.63, 3.8) is 0 Å². The zero-order valence-electron chi connectivity index (χ0n) is 15.2. The van der Waals surface area contributed by atoms with Crippen molar-refractivity contribution < 1.29 is 9.18 Å². The van der Waals surface area contributed by atoms with Crippen molar-refractivity contribution >= 4 is 11.7 Å². The van der Waals surface area contributed by atoms with Crippen LogP contribution in [0.2, 0.25) is 0 Å². The van der Waals surface area contributed by atoms with Gasteiger partial charge >= 0.3 is 0 Å². The monoisotopic (exact) mass is 363 g/mol. The first-order chi connectivity index (χ1) is 13.1. The predicted molar refractivity (Wildman–Crippen MR) is 105 cm³/mol. The predicted octanol–water partition coefficient (Wildman–Crippen LogP) is 4.11. The molecule has 0 bridgehead atoms. The number of rotatable bonds is 7. The highest BCUT2D eigenvalue weighted by molar-refractivity contribution is 5.94. The maximum absolute atomic E-state index is 13.6. The van der Waals surface area contributed by atoms with Crippen LogP contribution in [0.3, 0.4) is 0 Å². The van der Waals surface area contributed by atoms with Gasteiger partial charge in [0, 0.05) is 19.3 Å². The van der Waals surface area contributed by atoms with Crippen LogP contribution in [-0.2, 0) is 13.0 Å². The normalized spacial score (nSPS) is 10.4. The number of aromatic nitrogens is 1. The molecule has 5 heteroatoms. The Morgan fingerprint density at radius 3 is 2.67 bits per heavy atom. The van der Waals surface area contributed by atoms with Gasteiger partial charge in [0.05, 0.1) is 5.56 Å². The van der Waals surface area contributed by atoms with E-state index in [4.69, 9.17) is 0 Å². The van der Waals surface area contributed by atoms with Crippen molar-refractivity contribution in [3.8, 4) is 0 Å².